The van der Waals surface area contributed by atoms with Gasteiger partial charge in [-0.1, -0.05) is 0 Å². The fraction of sp³-hybridized carbons (Fsp3) is 0.833. The molecule has 1 N–H and O–H groups in total. The Morgan fingerprint density at radius 2 is 2.23 bits per heavy atom. The van der Waals surface area contributed by atoms with Crippen LogP contribution in [0.5, 0.6) is 0 Å². The molecule has 0 aromatic carbocycles. The number of methoxy groups -OCH3 is 1. The van der Waals surface area contributed by atoms with E-state index >= 15 is 0 Å². The van der Waals surface area contributed by atoms with Crippen molar-refractivity contribution < 1.29 is 17.9 Å². The van der Waals surface area contributed by atoms with E-state index in [1.165, 1.54) is 11.4 Å². The molecule has 0 aliphatic carbocycles. The lowest BCUT2D eigenvalue weighted by atomic mass is 10.6. The predicted octanol–water partition coefficient (Wildman–Crippen LogP) is -1.30. The third-order valence-electron chi connectivity index (χ3n) is 1.74. The largest absolute Gasteiger partial charge is 0.468 e. The molecule has 0 radical (unpaired) electrons. The minimum Gasteiger partial charge on any atom is -0.468 e. The quantitative estimate of drug-likeness (QED) is 0.460. The standard InChI is InChI=1S/C6H12N2O4S/c1-5-4-8(5)13(10,11)7-3-6(9)12-2/h5,7H,3-4H2,1-2H3/t5-,8?/m1/s1. The average molecular weight is 208 g/mol. The fourth-order valence-electron chi connectivity index (χ4n) is 0.854. The van der Waals surface area contributed by atoms with E-state index in [1.807, 2.05) is 0 Å². The molecule has 1 aliphatic heterocycles. The van der Waals surface area contributed by atoms with Crippen molar-refractivity contribution >= 4 is 16.2 Å². The van der Waals surface area contributed by atoms with Gasteiger partial charge in [-0.15, -0.1) is 0 Å². The second-order valence-electron chi connectivity index (χ2n) is 2.82. The lowest BCUT2D eigenvalue weighted by Crippen LogP contribution is -2.35. The number of ether oxygens (including phenoxy) is 1. The minimum atomic E-state index is -3.46. The molecule has 0 aromatic heterocycles. The van der Waals surface area contributed by atoms with Gasteiger partial charge in [0.15, 0.2) is 0 Å². The van der Waals surface area contributed by atoms with Gasteiger partial charge in [0.1, 0.15) is 6.54 Å². The highest BCUT2D eigenvalue weighted by atomic mass is 32.2. The Balaban J connectivity index is 2.40. The van der Waals surface area contributed by atoms with Crippen LogP contribution in [0, 0.1) is 0 Å². The summed E-state index contributed by atoms with van der Waals surface area (Å²) < 4.78 is 30.1. The normalized spacial score (nSPS) is 26.9. The number of rotatable bonds is 4. The van der Waals surface area contributed by atoms with Gasteiger partial charge in [0.25, 0.3) is 10.2 Å². The molecular weight excluding hydrogens is 196 g/mol. The van der Waals surface area contributed by atoms with Crippen molar-refractivity contribution in [2.75, 3.05) is 20.2 Å². The number of hydrogen-bond acceptors (Lipinski definition) is 4. The van der Waals surface area contributed by atoms with Crippen molar-refractivity contribution in [3.63, 3.8) is 0 Å². The van der Waals surface area contributed by atoms with E-state index < -0.39 is 16.2 Å². The monoisotopic (exact) mass is 208 g/mol. The molecule has 1 heterocycles. The van der Waals surface area contributed by atoms with Crippen LogP contribution in [-0.2, 0) is 19.7 Å². The Labute approximate surface area is 77.0 Å². The molecule has 7 heteroatoms. The van der Waals surface area contributed by atoms with Crippen LogP contribution in [0.25, 0.3) is 0 Å². The second kappa shape index (κ2) is 3.60. The first-order valence-electron chi connectivity index (χ1n) is 3.80. The molecule has 1 saturated heterocycles. The summed E-state index contributed by atoms with van der Waals surface area (Å²) in [7, 11) is -2.25. The molecule has 0 bridgehead atoms. The third-order valence-corrected chi connectivity index (χ3v) is 3.37. The van der Waals surface area contributed by atoms with Crippen molar-refractivity contribution in [2.45, 2.75) is 13.0 Å². The van der Waals surface area contributed by atoms with E-state index in [2.05, 4.69) is 9.46 Å². The van der Waals surface area contributed by atoms with E-state index in [0.717, 1.165) is 0 Å². The van der Waals surface area contributed by atoms with Crippen LogP contribution in [-0.4, -0.2) is 44.9 Å². The van der Waals surface area contributed by atoms with Crippen LogP contribution < -0.4 is 4.72 Å². The molecule has 6 nitrogen and oxygen atoms in total. The summed E-state index contributed by atoms with van der Waals surface area (Å²) in [6.07, 6.45) is 0. The summed E-state index contributed by atoms with van der Waals surface area (Å²) in [6, 6.07) is 0.0372. The summed E-state index contributed by atoms with van der Waals surface area (Å²) in [5, 5.41) is 0. The zero-order valence-electron chi connectivity index (χ0n) is 7.48. The van der Waals surface area contributed by atoms with Crippen LogP contribution in [0.1, 0.15) is 6.92 Å². The molecule has 0 saturated carbocycles. The van der Waals surface area contributed by atoms with Crippen molar-refractivity contribution in [1.29, 1.82) is 0 Å². The van der Waals surface area contributed by atoms with Crippen LogP contribution in [0.15, 0.2) is 0 Å². The van der Waals surface area contributed by atoms with Gasteiger partial charge >= 0.3 is 5.97 Å². The van der Waals surface area contributed by atoms with Crippen molar-refractivity contribution in [3.8, 4) is 0 Å². The number of nitrogens with zero attached hydrogens (tertiary/aromatic N) is 1. The molecule has 0 aromatic rings. The summed E-state index contributed by atoms with van der Waals surface area (Å²) in [5.41, 5.74) is 0. The Kier molecular flexibility index (Phi) is 2.89. The van der Waals surface area contributed by atoms with Crippen LogP contribution >= 0.6 is 0 Å². The summed E-state index contributed by atoms with van der Waals surface area (Å²) >= 11 is 0. The first-order valence-corrected chi connectivity index (χ1v) is 5.24. The number of esters is 1. The number of carbonyl (C=O) groups is 1. The molecule has 1 aliphatic rings. The molecular formula is C6H12N2O4S. The molecule has 0 amide bonds. The summed E-state index contributed by atoms with van der Waals surface area (Å²) in [6.45, 7) is 1.98. The smallest absolute Gasteiger partial charge is 0.320 e. The zero-order valence-corrected chi connectivity index (χ0v) is 8.30. The molecule has 76 valence electrons. The lowest BCUT2D eigenvalue weighted by molar-refractivity contribution is -0.139. The summed E-state index contributed by atoms with van der Waals surface area (Å²) in [4.78, 5) is 10.6. The van der Waals surface area contributed by atoms with Gasteiger partial charge in [-0.05, 0) is 6.92 Å². The highest BCUT2D eigenvalue weighted by Gasteiger charge is 2.40. The maximum atomic E-state index is 11.2. The van der Waals surface area contributed by atoms with E-state index in [1.54, 1.807) is 6.92 Å². The number of carbonyl (C=O) groups excluding carboxylic acids is 1. The minimum absolute atomic E-state index is 0.0372. The molecule has 1 unspecified atom stereocenters. The number of nitrogens with one attached hydrogen (secondary N) is 1. The van der Waals surface area contributed by atoms with Gasteiger partial charge in [-0.2, -0.15) is 17.4 Å². The van der Waals surface area contributed by atoms with Gasteiger partial charge in [-0.3, -0.25) is 4.79 Å². The van der Waals surface area contributed by atoms with Gasteiger partial charge in [0.2, 0.25) is 0 Å². The average Bonchev–Trinajstić information content (AvgIpc) is 2.79. The Bertz CT molecular complexity index is 300. The van der Waals surface area contributed by atoms with Crippen LogP contribution in [0.3, 0.4) is 0 Å². The van der Waals surface area contributed by atoms with Crippen molar-refractivity contribution in [3.05, 3.63) is 0 Å². The van der Waals surface area contributed by atoms with E-state index in [4.69, 9.17) is 0 Å². The second-order valence-corrected chi connectivity index (χ2v) is 4.53. The van der Waals surface area contributed by atoms with E-state index in [0.29, 0.717) is 6.54 Å². The van der Waals surface area contributed by atoms with E-state index in [-0.39, 0.29) is 12.6 Å². The Hall–Kier alpha value is -0.660. The highest BCUT2D eigenvalue weighted by Crippen LogP contribution is 2.19. The first-order chi connectivity index (χ1) is 5.97. The fourth-order valence-corrected chi connectivity index (χ4v) is 2.21. The maximum absolute atomic E-state index is 11.2. The first kappa shape index (κ1) is 10.4. The topological polar surface area (TPSA) is 75.5 Å². The Morgan fingerprint density at radius 1 is 1.69 bits per heavy atom. The third kappa shape index (κ3) is 2.64. The van der Waals surface area contributed by atoms with Crippen LogP contribution in [0.4, 0.5) is 0 Å². The molecule has 13 heavy (non-hydrogen) atoms. The van der Waals surface area contributed by atoms with Gasteiger partial charge in [0.05, 0.1) is 7.11 Å². The van der Waals surface area contributed by atoms with Crippen molar-refractivity contribution in [2.24, 2.45) is 0 Å². The molecule has 2 atom stereocenters. The highest BCUT2D eigenvalue weighted by molar-refractivity contribution is 7.87. The Morgan fingerprint density at radius 3 is 2.62 bits per heavy atom. The molecule has 1 fully saturated rings. The zero-order chi connectivity index (χ0) is 10.1. The summed E-state index contributed by atoms with van der Waals surface area (Å²) in [5.74, 6) is -0.599. The van der Waals surface area contributed by atoms with Crippen molar-refractivity contribution in [1.82, 2.24) is 9.03 Å². The maximum Gasteiger partial charge on any atom is 0.320 e. The van der Waals surface area contributed by atoms with E-state index in [9.17, 15) is 13.2 Å². The SMILES string of the molecule is COC(=O)CNS(=O)(=O)N1C[C@H]1C. The predicted molar refractivity (Wildman–Crippen MR) is 45.1 cm³/mol. The van der Waals surface area contributed by atoms with Gasteiger partial charge in [-0.25, -0.2) is 0 Å². The van der Waals surface area contributed by atoms with Crippen LogP contribution in [0.2, 0.25) is 0 Å². The molecule has 1 rings (SSSR count). The van der Waals surface area contributed by atoms with Gasteiger partial charge in [0, 0.05) is 12.6 Å². The van der Waals surface area contributed by atoms with Gasteiger partial charge < -0.3 is 4.74 Å². The lowest BCUT2D eigenvalue weighted by Gasteiger charge is -2.05. The number of hydrogen-bond donors (Lipinski definition) is 1. The molecule has 0 spiro atoms.